The van der Waals surface area contributed by atoms with Crippen molar-refractivity contribution in [3.8, 4) is 11.5 Å². The number of ether oxygens (including phenoxy) is 2. The van der Waals surface area contributed by atoms with Gasteiger partial charge in [-0.15, -0.1) is 0 Å². The topological polar surface area (TPSA) is 67.9 Å². The molecule has 1 fully saturated rings. The third-order valence-electron chi connectivity index (χ3n) is 6.43. The van der Waals surface area contributed by atoms with Crippen LogP contribution in [0.2, 0.25) is 0 Å². The SMILES string of the molecule is C[C@H](C(=O)NC1CCCCC1)N(Cc1cccc(Br)c1)C(=O)CCc1ccc2c(c1)OCO2. The zero-order chi connectivity index (χ0) is 23.2. The lowest BCUT2D eigenvalue weighted by Gasteiger charge is -2.31. The van der Waals surface area contributed by atoms with Gasteiger partial charge in [-0.2, -0.15) is 0 Å². The lowest BCUT2D eigenvalue weighted by Crippen LogP contribution is -2.50. The highest BCUT2D eigenvalue weighted by Gasteiger charge is 2.28. The van der Waals surface area contributed by atoms with Gasteiger partial charge in [0.25, 0.3) is 0 Å². The van der Waals surface area contributed by atoms with Crippen molar-refractivity contribution in [1.82, 2.24) is 10.2 Å². The van der Waals surface area contributed by atoms with Crippen molar-refractivity contribution >= 4 is 27.7 Å². The Balaban J connectivity index is 1.44. The fourth-order valence-corrected chi connectivity index (χ4v) is 4.92. The first kappa shape index (κ1) is 23.6. The largest absolute Gasteiger partial charge is 0.454 e. The first-order valence-corrected chi connectivity index (χ1v) is 12.5. The molecule has 33 heavy (non-hydrogen) atoms. The van der Waals surface area contributed by atoms with Crippen LogP contribution in [0.5, 0.6) is 11.5 Å². The number of aryl methyl sites for hydroxylation is 1. The predicted octanol–water partition coefficient (Wildman–Crippen LogP) is 4.98. The number of nitrogens with zero attached hydrogens (tertiary/aromatic N) is 1. The molecule has 1 N–H and O–H groups in total. The molecular formula is C26H31BrN2O4. The van der Waals surface area contributed by atoms with Gasteiger partial charge in [0.2, 0.25) is 18.6 Å². The van der Waals surface area contributed by atoms with E-state index in [1.165, 1.54) is 6.42 Å². The molecule has 176 valence electrons. The van der Waals surface area contributed by atoms with Crippen LogP contribution in [0.15, 0.2) is 46.9 Å². The van der Waals surface area contributed by atoms with Crippen LogP contribution < -0.4 is 14.8 Å². The maximum atomic E-state index is 13.4. The van der Waals surface area contributed by atoms with E-state index in [0.29, 0.717) is 25.1 Å². The number of halogens is 1. The van der Waals surface area contributed by atoms with Crippen LogP contribution in [-0.2, 0) is 22.6 Å². The highest BCUT2D eigenvalue weighted by atomic mass is 79.9. The Hall–Kier alpha value is -2.54. The molecule has 1 aliphatic heterocycles. The van der Waals surface area contributed by atoms with Gasteiger partial charge in [0.05, 0.1) is 0 Å². The van der Waals surface area contributed by atoms with Crippen molar-refractivity contribution in [2.75, 3.05) is 6.79 Å². The van der Waals surface area contributed by atoms with Crippen molar-refractivity contribution < 1.29 is 19.1 Å². The Bertz CT molecular complexity index is 990. The molecule has 4 rings (SSSR count). The molecule has 2 aromatic carbocycles. The highest BCUT2D eigenvalue weighted by Crippen LogP contribution is 2.33. The van der Waals surface area contributed by atoms with E-state index < -0.39 is 6.04 Å². The Morgan fingerprint density at radius 1 is 1.06 bits per heavy atom. The molecular weight excluding hydrogens is 484 g/mol. The number of rotatable bonds is 8. The smallest absolute Gasteiger partial charge is 0.242 e. The summed E-state index contributed by atoms with van der Waals surface area (Å²) in [4.78, 5) is 28.1. The van der Waals surface area contributed by atoms with Crippen LogP contribution in [0, 0.1) is 0 Å². The second-order valence-corrected chi connectivity index (χ2v) is 9.77. The lowest BCUT2D eigenvalue weighted by molar-refractivity contribution is -0.141. The number of benzene rings is 2. The number of carbonyl (C=O) groups is 2. The van der Waals surface area contributed by atoms with Gasteiger partial charge in [-0.1, -0.05) is 53.4 Å². The number of fused-ring (bicyclic) bond motifs is 1. The van der Waals surface area contributed by atoms with Crippen molar-refractivity contribution in [2.45, 2.75) is 70.5 Å². The van der Waals surface area contributed by atoms with Gasteiger partial charge in [-0.25, -0.2) is 0 Å². The third-order valence-corrected chi connectivity index (χ3v) is 6.92. The molecule has 2 amide bonds. The van der Waals surface area contributed by atoms with Crippen LogP contribution in [0.4, 0.5) is 0 Å². The molecule has 1 saturated carbocycles. The molecule has 0 bridgehead atoms. The zero-order valence-corrected chi connectivity index (χ0v) is 20.6. The third kappa shape index (κ3) is 6.28. The van der Waals surface area contributed by atoms with E-state index in [-0.39, 0.29) is 24.6 Å². The van der Waals surface area contributed by atoms with Crippen molar-refractivity contribution in [3.63, 3.8) is 0 Å². The monoisotopic (exact) mass is 514 g/mol. The molecule has 0 aromatic heterocycles. The summed E-state index contributed by atoms with van der Waals surface area (Å²) in [5, 5.41) is 3.18. The van der Waals surface area contributed by atoms with Crippen molar-refractivity contribution in [1.29, 1.82) is 0 Å². The maximum absolute atomic E-state index is 13.4. The predicted molar refractivity (Wildman–Crippen MR) is 130 cm³/mol. The number of hydrogen-bond donors (Lipinski definition) is 1. The Morgan fingerprint density at radius 3 is 2.64 bits per heavy atom. The Kier molecular flexibility index (Phi) is 7.91. The lowest BCUT2D eigenvalue weighted by atomic mass is 9.95. The van der Waals surface area contributed by atoms with Crippen LogP contribution >= 0.6 is 15.9 Å². The first-order chi connectivity index (χ1) is 16.0. The summed E-state index contributed by atoms with van der Waals surface area (Å²) in [6, 6.07) is 13.3. The van der Waals surface area contributed by atoms with Crippen LogP contribution in [0.3, 0.4) is 0 Å². The minimum atomic E-state index is -0.546. The van der Waals surface area contributed by atoms with Gasteiger partial charge in [0.15, 0.2) is 11.5 Å². The highest BCUT2D eigenvalue weighted by molar-refractivity contribution is 9.10. The summed E-state index contributed by atoms with van der Waals surface area (Å²) in [5.41, 5.74) is 1.99. The van der Waals surface area contributed by atoms with E-state index in [1.807, 2.05) is 49.4 Å². The van der Waals surface area contributed by atoms with Crippen LogP contribution in [0.25, 0.3) is 0 Å². The Morgan fingerprint density at radius 2 is 1.85 bits per heavy atom. The van der Waals surface area contributed by atoms with Crippen molar-refractivity contribution in [3.05, 3.63) is 58.1 Å². The molecule has 2 aromatic rings. The molecule has 0 radical (unpaired) electrons. The van der Waals surface area contributed by atoms with Crippen LogP contribution in [-0.4, -0.2) is 35.6 Å². The zero-order valence-electron chi connectivity index (χ0n) is 19.0. The summed E-state index contributed by atoms with van der Waals surface area (Å²) in [7, 11) is 0. The fourth-order valence-electron chi connectivity index (χ4n) is 4.47. The molecule has 0 saturated heterocycles. The summed E-state index contributed by atoms with van der Waals surface area (Å²) in [6.45, 7) is 2.44. The van der Waals surface area contributed by atoms with Gasteiger partial charge in [0.1, 0.15) is 6.04 Å². The van der Waals surface area contributed by atoms with E-state index in [4.69, 9.17) is 9.47 Å². The van der Waals surface area contributed by atoms with Crippen LogP contribution in [0.1, 0.15) is 56.6 Å². The molecule has 1 heterocycles. The number of carbonyl (C=O) groups excluding carboxylic acids is 2. The average Bonchev–Trinajstić information content (AvgIpc) is 3.29. The molecule has 2 aliphatic rings. The number of nitrogens with one attached hydrogen (secondary N) is 1. The summed E-state index contributed by atoms with van der Waals surface area (Å²) in [6.07, 6.45) is 6.45. The minimum Gasteiger partial charge on any atom is -0.454 e. The van der Waals surface area contributed by atoms with E-state index in [1.54, 1.807) is 4.90 Å². The van der Waals surface area contributed by atoms with E-state index in [2.05, 4.69) is 21.2 Å². The summed E-state index contributed by atoms with van der Waals surface area (Å²) in [5.74, 6) is 1.33. The normalized spacial score (nSPS) is 16.3. The van der Waals surface area contributed by atoms with Gasteiger partial charge in [0, 0.05) is 23.5 Å². The fraction of sp³-hybridized carbons (Fsp3) is 0.462. The first-order valence-electron chi connectivity index (χ1n) is 11.7. The van der Waals surface area contributed by atoms with Gasteiger partial charge in [-0.3, -0.25) is 9.59 Å². The Labute approximate surface area is 203 Å². The van der Waals surface area contributed by atoms with Gasteiger partial charge < -0.3 is 19.7 Å². The standard InChI is InChI=1S/C26H31BrN2O4/c1-18(26(31)28-22-8-3-2-4-9-22)29(16-20-6-5-7-21(27)14-20)25(30)13-11-19-10-12-23-24(15-19)33-17-32-23/h5-7,10,12,14-15,18,22H,2-4,8-9,11,13,16-17H2,1H3,(H,28,31)/t18-/m1/s1. The molecule has 1 atom stereocenters. The maximum Gasteiger partial charge on any atom is 0.242 e. The average molecular weight is 515 g/mol. The van der Waals surface area contributed by atoms with E-state index in [9.17, 15) is 9.59 Å². The molecule has 0 unspecified atom stereocenters. The molecule has 0 spiro atoms. The van der Waals surface area contributed by atoms with Crippen molar-refractivity contribution in [2.24, 2.45) is 0 Å². The number of amides is 2. The van der Waals surface area contributed by atoms with Gasteiger partial charge >= 0.3 is 0 Å². The summed E-state index contributed by atoms with van der Waals surface area (Å²) >= 11 is 3.50. The minimum absolute atomic E-state index is 0.0427. The molecule has 6 nitrogen and oxygen atoms in total. The van der Waals surface area contributed by atoms with E-state index >= 15 is 0 Å². The quantitative estimate of drug-likeness (QED) is 0.539. The second-order valence-electron chi connectivity index (χ2n) is 8.86. The number of hydrogen-bond acceptors (Lipinski definition) is 4. The van der Waals surface area contributed by atoms with Gasteiger partial charge in [-0.05, 0) is 61.6 Å². The molecule has 1 aliphatic carbocycles. The second kappa shape index (κ2) is 11.1. The molecule has 7 heteroatoms. The van der Waals surface area contributed by atoms with E-state index in [0.717, 1.165) is 47.0 Å². The summed E-state index contributed by atoms with van der Waals surface area (Å²) < 4.78 is 11.8.